The summed E-state index contributed by atoms with van der Waals surface area (Å²) in [5.74, 6) is -4.43. The first-order valence-electron chi connectivity index (χ1n) is 20.7. The van der Waals surface area contributed by atoms with Crippen molar-refractivity contribution in [2.45, 2.75) is 153 Å². The minimum atomic E-state index is -1.17. The van der Waals surface area contributed by atoms with E-state index in [0.29, 0.717) is 37.4 Å². The summed E-state index contributed by atoms with van der Waals surface area (Å²) in [6.07, 6.45) is 16.6. The Labute approximate surface area is 335 Å². The van der Waals surface area contributed by atoms with E-state index < -0.39 is 42.4 Å². The molecule has 2 heterocycles. The summed E-state index contributed by atoms with van der Waals surface area (Å²) in [6, 6.07) is -1.66. The molecule has 2 aliphatic heterocycles. The molecule has 324 valence electrons. The predicted molar refractivity (Wildman–Crippen MR) is 205 cm³/mol. The number of carbonyl (C=O) groups excluding carboxylic acids is 6. The van der Waals surface area contributed by atoms with Crippen LogP contribution in [0.5, 0.6) is 0 Å². The van der Waals surface area contributed by atoms with Crippen LogP contribution >= 0.6 is 0 Å². The number of unbranched alkanes of at least 4 members (excludes halogenated alkanes) is 13. The molecule has 0 aliphatic carbocycles. The van der Waals surface area contributed by atoms with Crippen molar-refractivity contribution >= 4 is 47.6 Å². The number of hydrogen-bond donors (Lipinski definition) is 5. The average molecular weight is 812 g/mol. The van der Waals surface area contributed by atoms with Gasteiger partial charge in [0.2, 0.25) is 11.8 Å². The topological polar surface area (TPSA) is 247 Å². The van der Waals surface area contributed by atoms with Crippen molar-refractivity contribution in [2.24, 2.45) is 0 Å². The van der Waals surface area contributed by atoms with Gasteiger partial charge in [0.25, 0.3) is 11.8 Å². The normalized spacial score (nSPS) is 15.0. The van der Waals surface area contributed by atoms with E-state index in [0.717, 1.165) is 44.9 Å². The Morgan fingerprint density at radius 2 is 1.21 bits per heavy atom. The highest BCUT2D eigenvalue weighted by molar-refractivity contribution is 6.01. The maximum atomic E-state index is 12.8. The van der Waals surface area contributed by atoms with Gasteiger partial charge in [-0.2, -0.15) is 0 Å². The third kappa shape index (κ3) is 23.5. The molecule has 0 aromatic rings. The lowest BCUT2D eigenvalue weighted by Crippen LogP contribution is -2.49. The fourth-order valence-electron chi connectivity index (χ4n) is 6.54. The van der Waals surface area contributed by atoms with Gasteiger partial charge >= 0.3 is 23.9 Å². The second-order valence-electron chi connectivity index (χ2n) is 14.6. The summed E-state index contributed by atoms with van der Waals surface area (Å²) >= 11 is 0. The molecule has 0 spiro atoms. The number of carboxylic acids is 2. The van der Waals surface area contributed by atoms with Crippen LogP contribution in [-0.2, 0) is 47.9 Å². The van der Waals surface area contributed by atoms with Gasteiger partial charge in [-0.25, -0.2) is 14.4 Å². The number of hydrogen-bond acceptors (Lipinski definition) is 11. The minimum absolute atomic E-state index is 0.00289. The van der Waals surface area contributed by atoms with Gasteiger partial charge in [0.15, 0.2) is 0 Å². The molecule has 2 saturated heterocycles. The highest BCUT2D eigenvalue weighted by atomic mass is 16.7. The molecule has 57 heavy (non-hydrogen) atoms. The van der Waals surface area contributed by atoms with Crippen molar-refractivity contribution in [3.63, 3.8) is 0 Å². The number of urea groups is 1. The number of likely N-dealkylation sites (tertiary alicyclic amines) is 1. The standard InChI is InChI=1S/C39H65N5O13/c45-32(15-13-11-9-7-5-3-1-2-4-6-8-10-12-14-16-36(49)50)42-31(38(52)53)17-18-33(46)43-24-21-30(22-25-43)41-39(54)40-23-26-55-27-28-56-29-37(51)57-44-34(47)19-20-35(44)48/h30-31H,1-29H2,(H,42,45)(H,49,50)(H,52,53)(H2,40,41,54). The molecule has 1 unspecified atom stereocenters. The van der Waals surface area contributed by atoms with Gasteiger partial charge < -0.3 is 45.4 Å². The lowest BCUT2D eigenvalue weighted by atomic mass is 10.0. The molecule has 0 saturated carbocycles. The molecule has 18 nitrogen and oxygen atoms in total. The molecule has 0 aromatic carbocycles. The molecule has 2 fully saturated rings. The molecular formula is C39H65N5O13. The van der Waals surface area contributed by atoms with Crippen molar-refractivity contribution in [1.29, 1.82) is 0 Å². The largest absolute Gasteiger partial charge is 0.481 e. The highest BCUT2D eigenvalue weighted by Gasteiger charge is 2.33. The summed E-state index contributed by atoms with van der Waals surface area (Å²) in [6.45, 7) is 0.957. The maximum Gasteiger partial charge on any atom is 0.358 e. The molecule has 1 atom stereocenters. The number of carboxylic acid groups (broad SMARTS) is 2. The quantitative estimate of drug-likeness (QED) is 0.0482. The van der Waals surface area contributed by atoms with Gasteiger partial charge in [-0.15, -0.1) is 5.06 Å². The van der Waals surface area contributed by atoms with Crippen molar-refractivity contribution in [3.05, 3.63) is 0 Å². The summed E-state index contributed by atoms with van der Waals surface area (Å²) < 4.78 is 10.5. The average Bonchev–Trinajstić information content (AvgIpc) is 3.49. The Kier molecular flexibility index (Phi) is 25.6. The lowest BCUT2D eigenvalue weighted by molar-refractivity contribution is -0.200. The van der Waals surface area contributed by atoms with Crippen LogP contribution in [0.1, 0.15) is 141 Å². The number of carbonyl (C=O) groups is 8. The third-order valence-corrected chi connectivity index (χ3v) is 9.83. The van der Waals surface area contributed by atoms with E-state index in [1.165, 1.54) is 38.5 Å². The molecule has 2 rings (SSSR count). The fraction of sp³-hybridized carbons (Fsp3) is 0.795. The van der Waals surface area contributed by atoms with Crippen LogP contribution in [0, 0.1) is 0 Å². The van der Waals surface area contributed by atoms with E-state index in [4.69, 9.17) is 14.6 Å². The van der Waals surface area contributed by atoms with Gasteiger partial charge in [-0.05, 0) is 32.1 Å². The Morgan fingerprint density at radius 1 is 0.684 bits per heavy atom. The van der Waals surface area contributed by atoms with Crippen LogP contribution in [0.4, 0.5) is 4.79 Å². The van der Waals surface area contributed by atoms with E-state index in [2.05, 4.69) is 20.8 Å². The maximum absolute atomic E-state index is 12.8. The van der Waals surface area contributed by atoms with Crippen LogP contribution in [0.3, 0.4) is 0 Å². The molecule has 0 bridgehead atoms. The number of piperidine rings is 1. The van der Waals surface area contributed by atoms with E-state index in [1.54, 1.807) is 4.90 Å². The predicted octanol–water partition coefficient (Wildman–Crippen LogP) is 3.59. The van der Waals surface area contributed by atoms with Gasteiger partial charge in [0.1, 0.15) is 12.6 Å². The Morgan fingerprint density at radius 3 is 1.75 bits per heavy atom. The monoisotopic (exact) mass is 811 g/mol. The van der Waals surface area contributed by atoms with Crippen molar-refractivity contribution < 1.29 is 62.9 Å². The first-order chi connectivity index (χ1) is 27.5. The number of hydroxylamine groups is 2. The summed E-state index contributed by atoms with van der Waals surface area (Å²) in [4.78, 5) is 101. The zero-order valence-electron chi connectivity index (χ0n) is 33.4. The SMILES string of the molecule is O=C(O)CCCCCCCCCCCCCCCCC(=O)NC(CCC(=O)N1CCC(NC(=O)NCCOCCOCC(=O)ON2C(=O)CCC2=O)CC1)C(=O)O. The Bertz CT molecular complexity index is 1260. The third-order valence-electron chi connectivity index (χ3n) is 9.83. The van der Waals surface area contributed by atoms with Crippen LogP contribution < -0.4 is 16.0 Å². The molecule has 5 N–H and O–H groups in total. The van der Waals surface area contributed by atoms with E-state index in [1.807, 2.05) is 0 Å². The van der Waals surface area contributed by atoms with Crippen molar-refractivity contribution in [1.82, 2.24) is 25.9 Å². The minimum Gasteiger partial charge on any atom is -0.481 e. The first kappa shape index (κ1) is 48.8. The molecule has 0 aromatic heterocycles. The fourth-order valence-corrected chi connectivity index (χ4v) is 6.54. The Hall–Kier alpha value is -4.32. The van der Waals surface area contributed by atoms with Crippen molar-refractivity contribution in [3.8, 4) is 0 Å². The summed E-state index contributed by atoms with van der Waals surface area (Å²) in [5.41, 5.74) is 0. The number of nitrogens with zero attached hydrogens (tertiary/aromatic N) is 2. The smallest absolute Gasteiger partial charge is 0.358 e. The molecule has 18 heteroatoms. The van der Waals surface area contributed by atoms with E-state index in [9.17, 15) is 43.5 Å². The second-order valence-corrected chi connectivity index (χ2v) is 14.6. The number of ether oxygens (including phenoxy) is 2. The number of rotatable bonds is 32. The lowest BCUT2D eigenvalue weighted by Gasteiger charge is -2.32. The number of aliphatic carboxylic acids is 2. The molecule has 6 amide bonds. The number of nitrogens with one attached hydrogen (secondary N) is 3. The van der Waals surface area contributed by atoms with Crippen LogP contribution in [-0.4, -0.2) is 126 Å². The van der Waals surface area contributed by atoms with Gasteiger partial charge in [-0.3, -0.25) is 24.0 Å². The molecule has 0 radical (unpaired) electrons. The van der Waals surface area contributed by atoms with Crippen LogP contribution in [0.25, 0.3) is 0 Å². The van der Waals surface area contributed by atoms with Crippen LogP contribution in [0.15, 0.2) is 0 Å². The molecule has 2 aliphatic rings. The zero-order chi connectivity index (χ0) is 41.7. The van der Waals surface area contributed by atoms with Gasteiger partial charge in [-0.1, -0.05) is 77.0 Å². The number of imide groups is 1. The van der Waals surface area contributed by atoms with Crippen molar-refractivity contribution in [2.75, 3.05) is 46.1 Å². The summed E-state index contributed by atoms with van der Waals surface area (Å²) in [7, 11) is 0. The second kappa shape index (κ2) is 29.9. The van der Waals surface area contributed by atoms with Gasteiger partial charge in [0.05, 0.1) is 19.8 Å². The number of amides is 6. The zero-order valence-corrected chi connectivity index (χ0v) is 33.4. The van der Waals surface area contributed by atoms with Gasteiger partial charge in [0, 0.05) is 57.8 Å². The Balaban J connectivity index is 1.43. The first-order valence-corrected chi connectivity index (χ1v) is 20.7. The van der Waals surface area contributed by atoms with Crippen LogP contribution in [0.2, 0.25) is 0 Å². The van der Waals surface area contributed by atoms with E-state index >= 15 is 0 Å². The van der Waals surface area contributed by atoms with E-state index in [-0.39, 0.29) is 88.8 Å². The summed E-state index contributed by atoms with van der Waals surface area (Å²) in [5, 5.41) is 26.8. The highest BCUT2D eigenvalue weighted by Crippen LogP contribution is 2.16. The molecular weight excluding hydrogens is 746 g/mol.